The number of anilines is 1. The average Bonchev–Trinajstić information content (AvgIpc) is 2.83. The normalized spacial score (nSPS) is 10.2. The van der Waals surface area contributed by atoms with E-state index in [4.69, 9.17) is 5.11 Å². The van der Waals surface area contributed by atoms with Crippen LogP contribution in [0.2, 0.25) is 0 Å². The predicted octanol–water partition coefficient (Wildman–Crippen LogP) is 0.953. The highest BCUT2D eigenvalue weighted by Gasteiger charge is 2.09. The molecule has 0 bridgehead atoms. The average molecular weight is 330 g/mol. The number of aryl methyl sites for hydroxylation is 2. The van der Waals surface area contributed by atoms with Gasteiger partial charge in [-0.2, -0.15) is 5.10 Å². The minimum absolute atomic E-state index is 0.0977. The highest BCUT2D eigenvalue weighted by atomic mass is 16.4. The van der Waals surface area contributed by atoms with E-state index in [9.17, 15) is 14.4 Å². The molecule has 1 heterocycles. The van der Waals surface area contributed by atoms with E-state index >= 15 is 0 Å². The molecule has 126 valence electrons. The van der Waals surface area contributed by atoms with Crippen molar-refractivity contribution < 1.29 is 19.5 Å². The molecule has 0 aliphatic heterocycles. The van der Waals surface area contributed by atoms with Gasteiger partial charge in [0.25, 0.3) is 5.91 Å². The fraction of sp³-hybridized carbons (Fsp3) is 0.250. The van der Waals surface area contributed by atoms with E-state index in [1.54, 1.807) is 16.8 Å². The van der Waals surface area contributed by atoms with Gasteiger partial charge in [-0.1, -0.05) is 0 Å². The predicted molar refractivity (Wildman–Crippen MR) is 86.7 cm³/mol. The molecule has 0 unspecified atom stereocenters. The van der Waals surface area contributed by atoms with Crippen LogP contribution in [0, 0.1) is 13.8 Å². The molecule has 24 heavy (non-hydrogen) atoms. The molecule has 2 aromatic rings. The van der Waals surface area contributed by atoms with Gasteiger partial charge in [-0.05, 0) is 44.2 Å². The van der Waals surface area contributed by atoms with Crippen LogP contribution in [0.15, 0.2) is 30.3 Å². The largest absolute Gasteiger partial charge is 0.480 e. The Morgan fingerprint density at radius 1 is 1.17 bits per heavy atom. The Kier molecular flexibility index (Phi) is 5.31. The van der Waals surface area contributed by atoms with Crippen molar-refractivity contribution in [3.8, 4) is 0 Å². The second kappa shape index (κ2) is 7.40. The molecule has 3 N–H and O–H groups in total. The van der Waals surface area contributed by atoms with Gasteiger partial charge in [-0.3, -0.25) is 19.1 Å². The Hall–Kier alpha value is -3.16. The molecule has 0 saturated heterocycles. The number of carbonyl (C=O) groups is 3. The number of aliphatic carboxylic acids is 1. The second-order valence-corrected chi connectivity index (χ2v) is 5.29. The number of carboxylic acid groups (broad SMARTS) is 1. The van der Waals surface area contributed by atoms with Crippen LogP contribution in [0.5, 0.6) is 0 Å². The molecule has 1 aromatic heterocycles. The van der Waals surface area contributed by atoms with Crippen LogP contribution in [0.4, 0.5) is 5.69 Å². The van der Waals surface area contributed by atoms with Gasteiger partial charge in [0.2, 0.25) is 5.91 Å². The van der Waals surface area contributed by atoms with E-state index < -0.39 is 18.4 Å². The van der Waals surface area contributed by atoms with Gasteiger partial charge in [0.05, 0.1) is 5.69 Å². The number of hydrogen-bond acceptors (Lipinski definition) is 4. The summed E-state index contributed by atoms with van der Waals surface area (Å²) >= 11 is 0. The standard InChI is InChI=1S/C16H18N4O4/c1-10-7-11(2)20(19-10)9-14(21)18-13-5-3-12(4-6-13)16(24)17-8-15(22)23/h3-7H,8-9H2,1-2H3,(H,17,24)(H,18,21)(H,22,23). The number of amides is 2. The highest BCUT2D eigenvalue weighted by Crippen LogP contribution is 2.10. The lowest BCUT2D eigenvalue weighted by atomic mass is 10.2. The topological polar surface area (TPSA) is 113 Å². The third-order valence-corrected chi connectivity index (χ3v) is 3.23. The number of carboxylic acids is 1. The van der Waals surface area contributed by atoms with Crippen LogP contribution in [0.25, 0.3) is 0 Å². The first-order valence-electron chi connectivity index (χ1n) is 7.26. The first-order valence-corrected chi connectivity index (χ1v) is 7.26. The molecular formula is C16H18N4O4. The van der Waals surface area contributed by atoms with Crippen molar-refractivity contribution in [1.82, 2.24) is 15.1 Å². The molecule has 0 spiro atoms. The molecule has 8 nitrogen and oxygen atoms in total. The van der Waals surface area contributed by atoms with Crippen LogP contribution in [-0.4, -0.2) is 39.2 Å². The second-order valence-electron chi connectivity index (χ2n) is 5.29. The quantitative estimate of drug-likeness (QED) is 0.730. The van der Waals surface area contributed by atoms with Crippen LogP contribution in [0.1, 0.15) is 21.7 Å². The first kappa shape index (κ1) is 17.2. The minimum Gasteiger partial charge on any atom is -0.480 e. The molecule has 2 amide bonds. The van der Waals surface area contributed by atoms with Crippen molar-refractivity contribution in [1.29, 1.82) is 0 Å². The van der Waals surface area contributed by atoms with E-state index in [2.05, 4.69) is 15.7 Å². The smallest absolute Gasteiger partial charge is 0.322 e. The lowest BCUT2D eigenvalue weighted by Crippen LogP contribution is -2.29. The lowest BCUT2D eigenvalue weighted by molar-refractivity contribution is -0.135. The fourth-order valence-electron chi connectivity index (χ4n) is 2.13. The van der Waals surface area contributed by atoms with Gasteiger partial charge in [0.1, 0.15) is 13.1 Å². The van der Waals surface area contributed by atoms with E-state index in [1.807, 2.05) is 19.9 Å². The van der Waals surface area contributed by atoms with Crippen molar-refractivity contribution >= 4 is 23.5 Å². The van der Waals surface area contributed by atoms with Crippen LogP contribution in [0.3, 0.4) is 0 Å². The highest BCUT2D eigenvalue weighted by molar-refractivity contribution is 5.97. The number of rotatable bonds is 6. The Balaban J connectivity index is 1.93. The molecule has 0 fully saturated rings. The van der Waals surface area contributed by atoms with Gasteiger partial charge in [-0.25, -0.2) is 0 Å². The third kappa shape index (κ3) is 4.67. The molecule has 0 saturated carbocycles. The molecule has 0 aliphatic rings. The van der Waals surface area contributed by atoms with Crippen LogP contribution < -0.4 is 10.6 Å². The molecule has 1 aromatic carbocycles. The number of nitrogens with one attached hydrogen (secondary N) is 2. The van der Waals surface area contributed by atoms with Crippen molar-refractivity contribution in [2.45, 2.75) is 20.4 Å². The summed E-state index contributed by atoms with van der Waals surface area (Å²) in [6.07, 6.45) is 0. The number of nitrogens with zero attached hydrogens (tertiary/aromatic N) is 2. The minimum atomic E-state index is -1.11. The summed E-state index contributed by atoms with van der Waals surface area (Å²) in [5.41, 5.74) is 2.59. The van der Waals surface area contributed by atoms with Gasteiger partial charge in [-0.15, -0.1) is 0 Å². The van der Waals surface area contributed by atoms with Crippen molar-refractivity contribution in [2.24, 2.45) is 0 Å². The Bertz CT molecular complexity index is 765. The third-order valence-electron chi connectivity index (χ3n) is 3.23. The molecule has 0 radical (unpaired) electrons. The van der Waals surface area contributed by atoms with Gasteiger partial charge in [0.15, 0.2) is 0 Å². The van der Waals surface area contributed by atoms with Gasteiger partial charge in [0, 0.05) is 16.9 Å². The van der Waals surface area contributed by atoms with Crippen molar-refractivity contribution in [3.63, 3.8) is 0 Å². The zero-order chi connectivity index (χ0) is 17.7. The summed E-state index contributed by atoms with van der Waals surface area (Å²) < 4.78 is 1.61. The van der Waals surface area contributed by atoms with E-state index in [0.29, 0.717) is 11.3 Å². The van der Waals surface area contributed by atoms with Crippen molar-refractivity contribution in [3.05, 3.63) is 47.3 Å². The number of carbonyl (C=O) groups excluding carboxylic acids is 2. The summed E-state index contributed by atoms with van der Waals surface area (Å²) in [7, 11) is 0. The van der Waals surface area contributed by atoms with E-state index in [0.717, 1.165) is 11.4 Å². The zero-order valence-corrected chi connectivity index (χ0v) is 13.4. The number of benzene rings is 1. The molecule has 0 aliphatic carbocycles. The summed E-state index contributed by atoms with van der Waals surface area (Å²) in [5.74, 6) is -1.83. The molecule has 0 atom stereocenters. The fourth-order valence-corrected chi connectivity index (χ4v) is 2.13. The Morgan fingerprint density at radius 3 is 2.38 bits per heavy atom. The van der Waals surface area contributed by atoms with Crippen molar-refractivity contribution in [2.75, 3.05) is 11.9 Å². The molecule has 8 heteroatoms. The van der Waals surface area contributed by atoms with E-state index in [1.165, 1.54) is 12.1 Å². The summed E-state index contributed by atoms with van der Waals surface area (Å²) in [4.78, 5) is 34.1. The Labute approximate surface area is 138 Å². The summed E-state index contributed by atoms with van der Waals surface area (Å²) in [6.45, 7) is 3.38. The Morgan fingerprint density at radius 2 is 1.83 bits per heavy atom. The van der Waals surface area contributed by atoms with E-state index in [-0.39, 0.29) is 12.5 Å². The summed E-state index contributed by atoms with van der Waals surface area (Å²) in [6, 6.07) is 8.06. The summed E-state index contributed by atoms with van der Waals surface area (Å²) in [5, 5.41) is 17.7. The maximum absolute atomic E-state index is 12.0. The first-order chi connectivity index (χ1) is 11.3. The maximum atomic E-state index is 12.0. The SMILES string of the molecule is Cc1cc(C)n(CC(=O)Nc2ccc(C(=O)NCC(=O)O)cc2)n1. The molecule has 2 rings (SSSR count). The van der Waals surface area contributed by atoms with Crippen LogP contribution in [-0.2, 0) is 16.1 Å². The number of hydrogen-bond donors (Lipinski definition) is 3. The molecular weight excluding hydrogens is 312 g/mol. The lowest BCUT2D eigenvalue weighted by Gasteiger charge is -2.08. The maximum Gasteiger partial charge on any atom is 0.322 e. The number of aromatic nitrogens is 2. The monoisotopic (exact) mass is 330 g/mol. The van der Waals surface area contributed by atoms with Gasteiger partial charge >= 0.3 is 5.97 Å². The zero-order valence-electron chi connectivity index (χ0n) is 13.4. The van der Waals surface area contributed by atoms with Crippen LogP contribution >= 0.6 is 0 Å². The van der Waals surface area contributed by atoms with Gasteiger partial charge < -0.3 is 15.7 Å².